The maximum Gasteiger partial charge on any atom is 0.417 e. The van der Waals surface area contributed by atoms with Crippen molar-refractivity contribution >= 4 is 11.6 Å². The van der Waals surface area contributed by atoms with Crippen molar-refractivity contribution in [1.29, 1.82) is 0 Å². The van der Waals surface area contributed by atoms with Gasteiger partial charge in [0.15, 0.2) is 0 Å². The van der Waals surface area contributed by atoms with E-state index in [0.717, 1.165) is 5.56 Å². The number of hydrogen-bond donors (Lipinski definition) is 1. The summed E-state index contributed by atoms with van der Waals surface area (Å²) in [5.41, 5.74) is -0.611. The van der Waals surface area contributed by atoms with Crippen LogP contribution in [0.3, 0.4) is 0 Å². The molecule has 0 spiro atoms. The zero-order valence-corrected chi connectivity index (χ0v) is 11.4. The van der Waals surface area contributed by atoms with Gasteiger partial charge in [-0.1, -0.05) is 30.3 Å². The molecule has 2 heterocycles. The van der Waals surface area contributed by atoms with Gasteiger partial charge in [-0.15, -0.1) is 0 Å². The molecule has 1 aromatic carbocycles. The Kier molecular flexibility index (Phi) is 3.62. The van der Waals surface area contributed by atoms with E-state index in [2.05, 4.69) is 5.32 Å². The lowest BCUT2D eigenvalue weighted by molar-refractivity contribution is -0.138. The van der Waals surface area contributed by atoms with Gasteiger partial charge in [0.2, 0.25) is 0 Å². The molecule has 1 aromatic heterocycles. The fourth-order valence-electron chi connectivity index (χ4n) is 2.48. The van der Waals surface area contributed by atoms with Gasteiger partial charge >= 0.3 is 11.8 Å². The van der Waals surface area contributed by atoms with Crippen molar-refractivity contribution in [1.82, 2.24) is 5.32 Å². The highest BCUT2D eigenvalue weighted by molar-refractivity contribution is 5.82. The van der Waals surface area contributed by atoms with Crippen molar-refractivity contribution in [3.63, 3.8) is 0 Å². The van der Waals surface area contributed by atoms with Gasteiger partial charge in [-0.25, -0.2) is 4.79 Å². The van der Waals surface area contributed by atoms with E-state index in [-0.39, 0.29) is 17.9 Å². The van der Waals surface area contributed by atoms with E-state index in [9.17, 15) is 18.0 Å². The smallest absolute Gasteiger partial charge is 0.417 e. The fourth-order valence-corrected chi connectivity index (χ4v) is 2.48. The third-order valence-electron chi connectivity index (χ3n) is 3.42. The summed E-state index contributed by atoms with van der Waals surface area (Å²) in [4.78, 5) is 11.5. The van der Waals surface area contributed by atoms with Gasteiger partial charge in [-0.2, -0.15) is 13.2 Å². The Morgan fingerprint density at radius 1 is 1.14 bits per heavy atom. The summed E-state index contributed by atoms with van der Waals surface area (Å²) in [6, 6.07) is 9.65. The highest BCUT2D eigenvalue weighted by Gasteiger charge is 2.37. The minimum atomic E-state index is -4.59. The van der Waals surface area contributed by atoms with Gasteiger partial charge in [0.1, 0.15) is 5.76 Å². The monoisotopic (exact) mass is 307 g/mol. The number of rotatable bonds is 1. The van der Waals surface area contributed by atoms with E-state index in [1.807, 2.05) is 30.3 Å². The van der Waals surface area contributed by atoms with Crippen LogP contribution in [0.15, 0.2) is 45.6 Å². The summed E-state index contributed by atoms with van der Waals surface area (Å²) < 4.78 is 44.3. The number of halogens is 3. The Balaban J connectivity index is 2.17. The van der Waals surface area contributed by atoms with E-state index in [1.165, 1.54) is 0 Å². The first kappa shape index (κ1) is 14.6. The molecule has 0 bridgehead atoms. The first-order valence-electron chi connectivity index (χ1n) is 6.66. The average molecular weight is 307 g/mol. The van der Waals surface area contributed by atoms with Crippen LogP contribution < -0.4 is 10.9 Å². The lowest BCUT2D eigenvalue weighted by Gasteiger charge is -2.22. The quantitative estimate of drug-likeness (QED) is 0.879. The van der Waals surface area contributed by atoms with Crippen LogP contribution in [-0.4, -0.2) is 6.54 Å². The van der Waals surface area contributed by atoms with Crippen LogP contribution in [0.1, 0.15) is 22.5 Å². The van der Waals surface area contributed by atoms with Crippen LogP contribution in [-0.2, 0) is 12.7 Å². The van der Waals surface area contributed by atoms with Gasteiger partial charge in [0.05, 0.1) is 5.56 Å². The van der Waals surface area contributed by atoms with Crippen LogP contribution in [0.5, 0.6) is 0 Å². The number of benzene rings is 1. The van der Waals surface area contributed by atoms with Crippen molar-refractivity contribution in [2.75, 3.05) is 6.54 Å². The summed E-state index contributed by atoms with van der Waals surface area (Å²) in [5.74, 6) is 0.0161. The predicted molar refractivity (Wildman–Crippen MR) is 76.0 cm³/mol. The molecule has 1 aliphatic heterocycles. The summed E-state index contributed by atoms with van der Waals surface area (Å²) in [5, 5.41) is 2.91. The van der Waals surface area contributed by atoms with Gasteiger partial charge in [0.25, 0.3) is 0 Å². The SMILES string of the molecule is O=c1cc(C(F)(F)F)c2c(o1)C(=Cc1ccccc1)CNC2. The standard InChI is InChI=1S/C16H12F3NO2/c17-16(18,19)13-7-14(21)22-15-11(8-20-9-12(13)15)6-10-4-2-1-3-5-10/h1-7,20H,8-9H2. The minimum Gasteiger partial charge on any atom is -0.423 e. The summed E-state index contributed by atoms with van der Waals surface area (Å²) in [7, 11) is 0. The van der Waals surface area contributed by atoms with Crippen molar-refractivity contribution in [2.45, 2.75) is 12.7 Å². The molecule has 1 N–H and O–H groups in total. The van der Waals surface area contributed by atoms with Gasteiger partial charge < -0.3 is 9.73 Å². The molecular formula is C16H12F3NO2. The number of fused-ring (bicyclic) bond motifs is 1. The average Bonchev–Trinajstić information content (AvgIpc) is 2.47. The molecule has 114 valence electrons. The lowest BCUT2D eigenvalue weighted by Crippen LogP contribution is -2.28. The van der Waals surface area contributed by atoms with Crippen molar-refractivity contribution < 1.29 is 17.6 Å². The molecule has 0 atom stereocenters. The third-order valence-corrected chi connectivity index (χ3v) is 3.42. The minimum absolute atomic E-state index is 0.0140. The molecule has 22 heavy (non-hydrogen) atoms. The topological polar surface area (TPSA) is 42.2 Å². The first-order valence-corrected chi connectivity index (χ1v) is 6.66. The van der Waals surface area contributed by atoms with Crippen LogP contribution >= 0.6 is 0 Å². The van der Waals surface area contributed by atoms with Crippen molar-refractivity contribution in [3.8, 4) is 0 Å². The summed E-state index contributed by atoms with van der Waals surface area (Å²) >= 11 is 0. The van der Waals surface area contributed by atoms with Crippen LogP contribution in [0, 0.1) is 0 Å². The summed E-state index contributed by atoms with van der Waals surface area (Å²) in [6.07, 6.45) is -2.87. The maximum absolute atomic E-state index is 13.1. The normalized spacial score (nSPS) is 16.6. The number of nitrogens with one attached hydrogen (secondary N) is 1. The molecule has 0 aliphatic carbocycles. The predicted octanol–water partition coefficient (Wildman–Crippen LogP) is 3.30. The van der Waals surface area contributed by atoms with E-state index in [0.29, 0.717) is 18.2 Å². The number of alkyl halides is 3. The van der Waals surface area contributed by atoms with Gasteiger partial charge in [-0.05, 0) is 11.6 Å². The van der Waals surface area contributed by atoms with E-state index in [4.69, 9.17) is 4.42 Å². The van der Waals surface area contributed by atoms with E-state index in [1.54, 1.807) is 6.08 Å². The van der Waals surface area contributed by atoms with Crippen LogP contribution in [0.4, 0.5) is 13.2 Å². The zero-order valence-electron chi connectivity index (χ0n) is 11.4. The Morgan fingerprint density at radius 3 is 2.55 bits per heavy atom. The Hall–Kier alpha value is -2.34. The van der Waals surface area contributed by atoms with Crippen LogP contribution in [0.2, 0.25) is 0 Å². The Bertz CT molecular complexity index is 776. The molecule has 0 fully saturated rings. The largest absolute Gasteiger partial charge is 0.423 e. The molecule has 2 aromatic rings. The molecule has 0 unspecified atom stereocenters. The molecule has 1 aliphatic rings. The van der Waals surface area contributed by atoms with Crippen molar-refractivity contribution in [2.24, 2.45) is 0 Å². The second-order valence-electron chi connectivity index (χ2n) is 4.97. The molecule has 6 heteroatoms. The molecule has 0 amide bonds. The summed E-state index contributed by atoms with van der Waals surface area (Å²) in [6.45, 7) is 0.353. The first-order chi connectivity index (χ1) is 10.4. The molecular weight excluding hydrogens is 295 g/mol. The Morgan fingerprint density at radius 2 is 1.86 bits per heavy atom. The molecule has 0 saturated heterocycles. The fraction of sp³-hybridized carbons (Fsp3) is 0.188. The highest BCUT2D eigenvalue weighted by atomic mass is 19.4. The molecule has 3 rings (SSSR count). The van der Waals surface area contributed by atoms with Gasteiger partial charge in [0, 0.05) is 30.3 Å². The molecule has 0 radical (unpaired) electrons. The lowest BCUT2D eigenvalue weighted by atomic mass is 9.97. The van der Waals surface area contributed by atoms with E-state index < -0.39 is 17.4 Å². The highest BCUT2D eigenvalue weighted by Crippen LogP contribution is 2.35. The third kappa shape index (κ3) is 2.82. The van der Waals surface area contributed by atoms with E-state index >= 15 is 0 Å². The van der Waals surface area contributed by atoms with Crippen molar-refractivity contribution in [3.05, 3.63) is 69.3 Å². The zero-order chi connectivity index (χ0) is 15.7. The maximum atomic E-state index is 13.1. The molecule has 3 nitrogen and oxygen atoms in total. The second kappa shape index (κ2) is 5.46. The van der Waals surface area contributed by atoms with Gasteiger partial charge in [-0.3, -0.25) is 0 Å². The number of hydrogen-bond acceptors (Lipinski definition) is 3. The molecule has 0 saturated carbocycles. The Labute approximate surface area is 124 Å². The second-order valence-corrected chi connectivity index (χ2v) is 4.97. The van der Waals surface area contributed by atoms with Crippen LogP contribution in [0.25, 0.3) is 11.6 Å².